The molecule has 0 aromatic heterocycles. The minimum atomic E-state index is 0. The minimum absolute atomic E-state index is 0. The first-order valence-corrected chi connectivity index (χ1v) is 6.92. The molecule has 2 nitrogen and oxygen atoms in total. The Hall–Kier alpha value is -1.51. The van der Waals surface area contributed by atoms with Crippen molar-refractivity contribution in [2.75, 3.05) is 6.54 Å². The van der Waals surface area contributed by atoms with E-state index >= 15 is 0 Å². The van der Waals surface area contributed by atoms with Crippen molar-refractivity contribution in [3.8, 4) is 5.75 Å². The summed E-state index contributed by atoms with van der Waals surface area (Å²) in [5.41, 5.74) is 2.54. The van der Waals surface area contributed by atoms with E-state index in [0.29, 0.717) is 12.6 Å². The summed E-state index contributed by atoms with van der Waals surface area (Å²) in [6, 6.07) is 19.2. The number of hydrogen-bond donors (Lipinski definition) is 1. The molecule has 20 heavy (non-hydrogen) atoms. The van der Waals surface area contributed by atoms with Gasteiger partial charge in [0.25, 0.3) is 0 Å². The molecule has 0 bridgehead atoms. The van der Waals surface area contributed by atoms with Crippen LogP contribution in [0.4, 0.5) is 0 Å². The molecular weight excluding hydrogens is 270 g/mol. The van der Waals surface area contributed by atoms with E-state index < -0.39 is 0 Å². The predicted molar refractivity (Wildman–Crippen MR) is 84.4 cm³/mol. The highest BCUT2D eigenvalue weighted by Crippen LogP contribution is 2.26. The van der Waals surface area contributed by atoms with E-state index in [1.807, 2.05) is 24.3 Å². The van der Waals surface area contributed by atoms with Crippen molar-refractivity contribution in [3.63, 3.8) is 0 Å². The Morgan fingerprint density at radius 3 is 2.65 bits per heavy atom. The van der Waals surface area contributed by atoms with E-state index in [1.54, 1.807) is 0 Å². The van der Waals surface area contributed by atoms with Crippen molar-refractivity contribution < 1.29 is 4.74 Å². The van der Waals surface area contributed by atoms with Gasteiger partial charge in [0, 0.05) is 6.04 Å². The van der Waals surface area contributed by atoms with Crippen molar-refractivity contribution >= 4 is 12.4 Å². The number of hydrogen-bond acceptors (Lipinski definition) is 2. The molecule has 2 aromatic carbocycles. The van der Waals surface area contributed by atoms with Crippen molar-refractivity contribution in [1.29, 1.82) is 0 Å². The van der Waals surface area contributed by atoms with Gasteiger partial charge in [-0.05, 0) is 42.6 Å². The third-order valence-corrected chi connectivity index (χ3v) is 3.57. The highest BCUT2D eigenvalue weighted by Gasteiger charge is 2.16. The Kier molecular flexibility index (Phi) is 5.45. The summed E-state index contributed by atoms with van der Waals surface area (Å²) < 4.78 is 5.86. The predicted octanol–water partition coefficient (Wildman–Crippen LogP) is 4.11. The molecular formula is C17H20ClNO. The first-order valence-electron chi connectivity index (χ1n) is 6.92. The molecule has 1 aliphatic rings. The second kappa shape index (κ2) is 7.32. The van der Waals surface area contributed by atoms with Gasteiger partial charge in [0.2, 0.25) is 0 Å². The molecule has 0 aliphatic carbocycles. The second-order valence-corrected chi connectivity index (χ2v) is 5.00. The van der Waals surface area contributed by atoms with Crippen molar-refractivity contribution in [2.24, 2.45) is 0 Å². The van der Waals surface area contributed by atoms with Crippen molar-refractivity contribution in [2.45, 2.75) is 25.5 Å². The van der Waals surface area contributed by atoms with Gasteiger partial charge >= 0.3 is 0 Å². The lowest BCUT2D eigenvalue weighted by molar-refractivity contribution is 0.305. The summed E-state index contributed by atoms with van der Waals surface area (Å²) in [5, 5.41) is 3.52. The van der Waals surface area contributed by atoms with E-state index in [9.17, 15) is 0 Å². The molecule has 0 radical (unpaired) electrons. The quantitative estimate of drug-likeness (QED) is 0.914. The van der Waals surface area contributed by atoms with Crippen LogP contribution in [0.15, 0.2) is 54.6 Å². The summed E-state index contributed by atoms with van der Waals surface area (Å²) in [7, 11) is 0. The highest BCUT2D eigenvalue weighted by atomic mass is 35.5. The molecule has 1 atom stereocenters. The smallest absolute Gasteiger partial charge is 0.120 e. The van der Waals surface area contributed by atoms with Gasteiger partial charge in [-0.2, -0.15) is 0 Å². The van der Waals surface area contributed by atoms with E-state index in [2.05, 4.69) is 35.6 Å². The second-order valence-electron chi connectivity index (χ2n) is 5.00. The fourth-order valence-corrected chi connectivity index (χ4v) is 2.53. The summed E-state index contributed by atoms with van der Waals surface area (Å²) in [6.07, 6.45) is 2.49. The summed E-state index contributed by atoms with van der Waals surface area (Å²) >= 11 is 0. The number of halogens is 1. The van der Waals surface area contributed by atoms with Crippen LogP contribution in [0.3, 0.4) is 0 Å². The molecule has 1 N–H and O–H groups in total. The topological polar surface area (TPSA) is 21.3 Å². The van der Waals surface area contributed by atoms with Gasteiger partial charge in [0.15, 0.2) is 0 Å². The third kappa shape index (κ3) is 3.75. The maximum Gasteiger partial charge on any atom is 0.120 e. The zero-order chi connectivity index (χ0) is 12.9. The molecule has 0 spiro atoms. The Balaban J connectivity index is 0.00000147. The molecule has 1 aliphatic heterocycles. The fourth-order valence-electron chi connectivity index (χ4n) is 2.53. The van der Waals surface area contributed by atoms with Crippen LogP contribution >= 0.6 is 12.4 Å². The summed E-state index contributed by atoms with van der Waals surface area (Å²) in [6.45, 7) is 1.75. The van der Waals surface area contributed by atoms with E-state index in [0.717, 1.165) is 12.3 Å². The first kappa shape index (κ1) is 14.9. The fraction of sp³-hybridized carbons (Fsp3) is 0.294. The monoisotopic (exact) mass is 289 g/mol. The molecule has 1 fully saturated rings. The average molecular weight is 290 g/mol. The number of ether oxygens (including phenoxy) is 1. The Labute approximate surface area is 126 Å². The van der Waals surface area contributed by atoms with Crippen LogP contribution in [0.5, 0.6) is 5.75 Å². The van der Waals surface area contributed by atoms with Crippen LogP contribution in [0, 0.1) is 0 Å². The van der Waals surface area contributed by atoms with Gasteiger partial charge in [-0.15, -0.1) is 12.4 Å². The Morgan fingerprint density at radius 1 is 1.05 bits per heavy atom. The van der Waals surface area contributed by atoms with Gasteiger partial charge in [0.05, 0.1) is 0 Å². The van der Waals surface area contributed by atoms with Crippen LogP contribution in [0.1, 0.15) is 30.0 Å². The van der Waals surface area contributed by atoms with Crippen molar-refractivity contribution in [1.82, 2.24) is 5.32 Å². The lowest BCUT2D eigenvalue weighted by Gasteiger charge is -2.13. The number of benzene rings is 2. The molecule has 0 saturated carbocycles. The number of rotatable bonds is 4. The Morgan fingerprint density at radius 2 is 1.90 bits per heavy atom. The van der Waals surface area contributed by atoms with Crippen molar-refractivity contribution in [3.05, 3.63) is 65.7 Å². The third-order valence-electron chi connectivity index (χ3n) is 3.57. The van der Waals surface area contributed by atoms with E-state index in [4.69, 9.17) is 4.74 Å². The minimum Gasteiger partial charge on any atom is -0.489 e. The molecule has 0 amide bonds. The van der Waals surface area contributed by atoms with Crippen LogP contribution in [-0.2, 0) is 6.61 Å². The largest absolute Gasteiger partial charge is 0.489 e. The zero-order valence-corrected chi connectivity index (χ0v) is 12.2. The average Bonchev–Trinajstić information content (AvgIpc) is 3.01. The molecule has 2 aromatic rings. The zero-order valence-electron chi connectivity index (χ0n) is 11.4. The normalized spacial score (nSPS) is 17.5. The molecule has 3 heteroatoms. The van der Waals surface area contributed by atoms with Crippen LogP contribution < -0.4 is 10.1 Å². The van der Waals surface area contributed by atoms with Gasteiger partial charge in [0.1, 0.15) is 12.4 Å². The van der Waals surface area contributed by atoms with Crippen LogP contribution in [-0.4, -0.2) is 6.54 Å². The molecule has 3 rings (SSSR count). The van der Waals surface area contributed by atoms with E-state index in [-0.39, 0.29) is 12.4 Å². The maximum absolute atomic E-state index is 5.86. The lowest BCUT2D eigenvalue weighted by Crippen LogP contribution is -2.12. The lowest BCUT2D eigenvalue weighted by atomic mass is 10.1. The van der Waals surface area contributed by atoms with Crippen LogP contribution in [0.25, 0.3) is 0 Å². The van der Waals surface area contributed by atoms with E-state index in [1.165, 1.54) is 24.0 Å². The highest BCUT2D eigenvalue weighted by molar-refractivity contribution is 5.85. The van der Waals surface area contributed by atoms with Gasteiger partial charge < -0.3 is 10.1 Å². The Bertz CT molecular complexity index is 524. The maximum atomic E-state index is 5.86. The summed E-state index contributed by atoms with van der Waals surface area (Å²) in [5.74, 6) is 0.954. The first-order chi connectivity index (χ1) is 9.42. The molecule has 1 saturated heterocycles. The molecule has 106 valence electrons. The number of nitrogens with one attached hydrogen (secondary N) is 1. The SMILES string of the molecule is Cl.c1ccc(COc2cccc([C@H]3CCCN3)c2)cc1. The van der Waals surface area contributed by atoms with Gasteiger partial charge in [-0.25, -0.2) is 0 Å². The molecule has 0 unspecified atom stereocenters. The van der Waals surface area contributed by atoms with Gasteiger partial charge in [-0.1, -0.05) is 42.5 Å². The molecule has 1 heterocycles. The standard InChI is InChI=1S/C17H19NO.ClH/c1-2-6-14(7-3-1)13-19-16-9-4-8-15(12-16)17-10-5-11-18-17;/h1-4,6-9,12,17-18H,5,10-11,13H2;1H/t17-;/m1./s1. The van der Waals surface area contributed by atoms with Gasteiger partial charge in [-0.3, -0.25) is 0 Å². The summed E-state index contributed by atoms with van der Waals surface area (Å²) in [4.78, 5) is 0. The van der Waals surface area contributed by atoms with Crippen LogP contribution in [0.2, 0.25) is 0 Å².